The summed E-state index contributed by atoms with van der Waals surface area (Å²) in [5, 5.41) is 15.5. The van der Waals surface area contributed by atoms with Crippen LogP contribution in [-0.2, 0) is 27.2 Å². The number of aromatic nitrogens is 5. The van der Waals surface area contributed by atoms with Crippen molar-refractivity contribution in [3.63, 3.8) is 0 Å². The number of hydrogen-bond acceptors (Lipinski definition) is 4. The molecule has 2 aromatic heterocycles. The first kappa shape index (κ1) is 10.8. The summed E-state index contributed by atoms with van der Waals surface area (Å²) in [6.07, 6.45) is 3.93. The standard InChI is InChI=1S/C10H16N6/c1-8-9(6-15(2)13-8)4-11-5-10-7-16(3)14-12-10/h6-7,11H,4-5H2,1-3H3. The molecule has 6 heteroatoms. The maximum absolute atomic E-state index is 4.29. The van der Waals surface area contributed by atoms with E-state index in [0.29, 0.717) is 0 Å². The van der Waals surface area contributed by atoms with Crippen LogP contribution in [0.5, 0.6) is 0 Å². The van der Waals surface area contributed by atoms with E-state index in [9.17, 15) is 0 Å². The van der Waals surface area contributed by atoms with Crippen molar-refractivity contribution in [2.75, 3.05) is 0 Å². The first-order valence-electron chi connectivity index (χ1n) is 5.20. The van der Waals surface area contributed by atoms with Gasteiger partial charge in [0.15, 0.2) is 0 Å². The summed E-state index contributed by atoms with van der Waals surface area (Å²) in [6, 6.07) is 0. The molecule has 2 aromatic rings. The molecule has 0 saturated heterocycles. The van der Waals surface area contributed by atoms with Gasteiger partial charge in [-0.25, -0.2) is 0 Å². The predicted octanol–water partition coefficient (Wildman–Crippen LogP) is 0.147. The Hall–Kier alpha value is -1.69. The minimum atomic E-state index is 0.724. The highest BCUT2D eigenvalue weighted by Gasteiger charge is 2.03. The Morgan fingerprint density at radius 3 is 2.56 bits per heavy atom. The molecule has 0 bridgehead atoms. The van der Waals surface area contributed by atoms with E-state index >= 15 is 0 Å². The second-order valence-electron chi connectivity index (χ2n) is 3.90. The van der Waals surface area contributed by atoms with Crippen molar-refractivity contribution >= 4 is 0 Å². The van der Waals surface area contributed by atoms with E-state index in [1.54, 1.807) is 4.68 Å². The first-order chi connectivity index (χ1) is 7.65. The molecular formula is C10H16N6. The van der Waals surface area contributed by atoms with Gasteiger partial charge in [-0.2, -0.15) is 5.10 Å². The number of nitrogens with zero attached hydrogens (tertiary/aromatic N) is 5. The predicted molar refractivity (Wildman–Crippen MR) is 59.5 cm³/mol. The molecule has 6 nitrogen and oxygen atoms in total. The maximum atomic E-state index is 4.29. The third kappa shape index (κ3) is 2.46. The van der Waals surface area contributed by atoms with Crippen LogP contribution in [0, 0.1) is 6.92 Å². The molecule has 0 spiro atoms. The van der Waals surface area contributed by atoms with Gasteiger partial charge in [0.2, 0.25) is 0 Å². The van der Waals surface area contributed by atoms with Crippen molar-refractivity contribution in [3.8, 4) is 0 Å². The van der Waals surface area contributed by atoms with Gasteiger partial charge in [-0.05, 0) is 6.92 Å². The minimum absolute atomic E-state index is 0.724. The largest absolute Gasteiger partial charge is 0.307 e. The molecule has 0 aliphatic heterocycles. The van der Waals surface area contributed by atoms with Crippen LogP contribution in [0.2, 0.25) is 0 Å². The average molecular weight is 220 g/mol. The highest BCUT2D eigenvalue weighted by molar-refractivity contribution is 5.14. The van der Waals surface area contributed by atoms with Gasteiger partial charge in [0, 0.05) is 45.1 Å². The fourth-order valence-corrected chi connectivity index (χ4v) is 1.62. The van der Waals surface area contributed by atoms with E-state index in [4.69, 9.17) is 0 Å². The van der Waals surface area contributed by atoms with E-state index in [0.717, 1.165) is 24.5 Å². The molecule has 0 radical (unpaired) electrons. The lowest BCUT2D eigenvalue weighted by atomic mass is 10.2. The average Bonchev–Trinajstić information content (AvgIpc) is 2.74. The van der Waals surface area contributed by atoms with E-state index in [1.807, 2.05) is 38.1 Å². The van der Waals surface area contributed by atoms with E-state index in [-0.39, 0.29) is 0 Å². The van der Waals surface area contributed by atoms with Crippen LogP contribution in [0.15, 0.2) is 12.4 Å². The van der Waals surface area contributed by atoms with E-state index in [1.165, 1.54) is 5.56 Å². The van der Waals surface area contributed by atoms with Crippen LogP contribution in [0.3, 0.4) is 0 Å². The number of rotatable bonds is 4. The van der Waals surface area contributed by atoms with Gasteiger partial charge in [-0.1, -0.05) is 5.21 Å². The quantitative estimate of drug-likeness (QED) is 0.796. The molecule has 1 N–H and O–H groups in total. The van der Waals surface area contributed by atoms with Gasteiger partial charge >= 0.3 is 0 Å². The summed E-state index contributed by atoms with van der Waals surface area (Å²) < 4.78 is 3.53. The first-order valence-corrected chi connectivity index (χ1v) is 5.20. The molecule has 86 valence electrons. The molecule has 0 fully saturated rings. The zero-order valence-corrected chi connectivity index (χ0v) is 9.80. The molecular weight excluding hydrogens is 204 g/mol. The molecule has 0 saturated carbocycles. The summed E-state index contributed by atoms with van der Waals surface area (Å²) in [5.41, 5.74) is 3.23. The molecule has 0 aromatic carbocycles. The number of nitrogens with one attached hydrogen (secondary N) is 1. The molecule has 0 unspecified atom stereocenters. The van der Waals surface area contributed by atoms with Gasteiger partial charge in [0.05, 0.1) is 11.4 Å². The van der Waals surface area contributed by atoms with Crippen LogP contribution < -0.4 is 5.32 Å². The molecule has 0 amide bonds. The summed E-state index contributed by atoms with van der Waals surface area (Å²) in [4.78, 5) is 0. The molecule has 2 heterocycles. The lowest BCUT2D eigenvalue weighted by molar-refractivity contribution is 0.671. The molecule has 0 aliphatic carbocycles. The summed E-state index contributed by atoms with van der Waals surface area (Å²) in [6.45, 7) is 3.54. The Bertz CT molecular complexity index is 469. The lowest BCUT2D eigenvalue weighted by Gasteiger charge is -2.00. The summed E-state index contributed by atoms with van der Waals surface area (Å²) in [5.74, 6) is 0. The Morgan fingerprint density at radius 1 is 1.19 bits per heavy atom. The van der Waals surface area contributed by atoms with Crippen molar-refractivity contribution in [2.45, 2.75) is 20.0 Å². The van der Waals surface area contributed by atoms with E-state index < -0.39 is 0 Å². The zero-order valence-electron chi connectivity index (χ0n) is 9.80. The Balaban J connectivity index is 1.86. The third-order valence-corrected chi connectivity index (χ3v) is 2.39. The SMILES string of the molecule is Cc1nn(C)cc1CNCc1cn(C)nn1. The monoisotopic (exact) mass is 220 g/mol. The van der Waals surface area contributed by atoms with Crippen molar-refractivity contribution in [1.82, 2.24) is 30.1 Å². The Kier molecular flexibility index (Phi) is 3.00. The van der Waals surface area contributed by atoms with Gasteiger partial charge < -0.3 is 5.32 Å². The second kappa shape index (κ2) is 4.44. The lowest BCUT2D eigenvalue weighted by Crippen LogP contribution is -2.13. The van der Waals surface area contributed by atoms with Crippen LogP contribution in [-0.4, -0.2) is 24.8 Å². The molecule has 16 heavy (non-hydrogen) atoms. The van der Waals surface area contributed by atoms with Crippen LogP contribution in [0.4, 0.5) is 0 Å². The fourth-order valence-electron chi connectivity index (χ4n) is 1.62. The van der Waals surface area contributed by atoms with Crippen LogP contribution in [0.1, 0.15) is 17.0 Å². The van der Waals surface area contributed by atoms with Crippen molar-refractivity contribution in [3.05, 3.63) is 29.3 Å². The van der Waals surface area contributed by atoms with Crippen molar-refractivity contribution in [2.24, 2.45) is 14.1 Å². The molecule has 0 aliphatic rings. The number of hydrogen-bond donors (Lipinski definition) is 1. The fraction of sp³-hybridized carbons (Fsp3) is 0.500. The summed E-state index contributed by atoms with van der Waals surface area (Å²) in [7, 11) is 3.79. The summed E-state index contributed by atoms with van der Waals surface area (Å²) >= 11 is 0. The van der Waals surface area contributed by atoms with Gasteiger partial charge in [-0.3, -0.25) is 9.36 Å². The third-order valence-electron chi connectivity index (χ3n) is 2.39. The van der Waals surface area contributed by atoms with Crippen LogP contribution >= 0.6 is 0 Å². The van der Waals surface area contributed by atoms with Crippen LogP contribution in [0.25, 0.3) is 0 Å². The highest BCUT2D eigenvalue weighted by Crippen LogP contribution is 2.04. The zero-order chi connectivity index (χ0) is 11.5. The maximum Gasteiger partial charge on any atom is 0.0964 e. The van der Waals surface area contributed by atoms with Gasteiger partial charge in [0.25, 0.3) is 0 Å². The molecule has 0 atom stereocenters. The Labute approximate surface area is 94.3 Å². The highest BCUT2D eigenvalue weighted by atomic mass is 15.4. The molecule has 2 rings (SSSR count). The second-order valence-corrected chi connectivity index (χ2v) is 3.90. The van der Waals surface area contributed by atoms with Gasteiger partial charge in [0.1, 0.15) is 0 Å². The van der Waals surface area contributed by atoms with E-state index in [2.05, 4.69) is 20.7 Å². The smallest absolute Gasteiger partial charge is 0.0964 e. The number of aryl methyl sites for hydroxylation is 3. The van der Waals surface area contributed by atoms with Crippen molar-refractivity contribution < 1.29 is 0 Å². The Morgan fingerprint density at radius 2 is 2.00 bits per heavy atom. The van der Waals surface area contributed by atoms with Gasteiger partial charge in [-0.15, -0.1) is 5.10 Å². The van der Waals surface area contributed by atoms with Crippen molar-refractivity contribution in [1.29, 1.82) is 0 Å². The minimum Gasteiger partial charge on any atom is -0.307 e. The normalized spacial score (nSPS) is 10.9. The topological polar surface area (TPSA) is 60.6 Å².